The lowest BCUT2D eigenvalue weighted by Gasteiger charge is -2.13. The highest BCUT2D eigenvalue weighted by molar-refractivity contribution is 6.26. The molecule has 0 N–H and O–H groups in total. The first-order valence-corrected chi connectivity index (χ1v) is 19.0. The summed E-state index contributed by atoms with van der Waals surface area (Å²) in [6.07, 6.45) is 0. The third kappa shape index (κ3) is 5.23. The lowest BCUT2D eigenvalue weighted by molar-refractivity contribution is 1.05. The van der Waals surface area contributed by atoms with Crippen LogP contribution in [0.15, 0.2) is 206 Å². The summed E-state index contributed by atoms with van der Waals surface area (Å²) in [5, 5.41) is 4.83. The molecule has 0 fully saturated rings. The van der Waals surface area contributed by atoms with Crippen molar-refractivity contribution in [2.45, 2.75) is 0 Å². The molecule has 0 radical (unpaired) electrons. The van der Waals surface area contributed by atoms with Crippen LogP contribution in [0.3, 0.4) is 0 Å². The summed E-state index contributed by atoms with van der Waals surface area (Å²) >= 11 is 0. The number of nitrogens with zero attached hydrogens (tertiary/aromatic N) is 4. The van der Waals surface area contributed by atoms with Gasteiger partial charge in [-0.3, -0.25) is 4.57 Å². The Balaban J connectivity index is 1.11. The highest BCUT2D eigenvalue weighted by Gasteiger charge is 2.22. The van der Waals surface area contributed by atoms with Crippen LogP contribution in [-0.4, -0.2) is 19.1 Å². The molecule has 0 aliphatic carbocycles. The number of benzene rings is 8. The lowest BCUT2D eigenvalue weighted by Crippen LogP contribution is -2.02. The van der Waals surface area contributed by atoms with Gasteiger partial charge in [0.25, 0.3) is 0 Å². The van der Waals surface area contributed by atoms with Gasteiger partial charge in [0.1, 0.15) is 5.82 Å². The maximum absolute atomic E-state index is 5.37. The van der Waals surface area contributed by atoms with Crippen LogP contribution in [0.1, 0.15) is 0 Å². The van der Waals surface area contributed by atoms with Crippen molar-refractivity contribution in [1.82, 2.24) is 19.1 Å². The van der Waals surface area contributed by atoms with Crippen molar-refractivity contribution in [1.29, 1.82) is 0 Å². The van der Waals surface area contributed by atoms with Gasteiger partial charge >= 0.3 is 0 Å². The molecule has 0 amide bonds. The summed E-state index contributed by atoms with van der Waals surface area (Å²) in [7, 11) is 0. The Bertz CT molecular complexity index is 3200. The zero-order chi connectivity index (χ0) is 37.0. The van der Waals surface area contributed by atoms with Gasteiger partial charge in [-0.1, -0.05) is 170 Å². The molecule has 4 heteroatoms. The molecular formula is C52H34N4. The first-order chi connectivity index (χ1) is 27.8. The fraction of sp³-hybridized carbons (Fsp3) is 0. The van der Waals surface area contributed by atoms with Gasteiger partial charge in [0.15, 0.2) is 5.82 Å². The Kier molecular flexibility index (Phi) is 7.46. The number of rotatable bonds is 6. The number of aromatic nitrogens is 4. The van der Waals surface area contributed by atoms with Crippen LogP contribution in [0.5, 0.6) is 0 Å². The van der Waals surface area contributed by atoms with Gasteiger partial charge < -0.3 is 4.57 Å². The summed E-state index contributed by atoms with van der Waals surface area (Å²) in [6.45, 7) is 0. The summed E-state index contributed by atoms with van der Waals surface area (Å²) in [5.41, 5.74) is 13.3. The van der Waals surface area contributed by atoms with E-state index in [2.05, 4.69) is 209 Å². The quantitative estimate of drug-likeness (QED) is 0.172. The number of para-hydroxylation sites is 3. The molecule has 0 aliphatic heterocycles. The van der Waals surface area contributed by atoms with Crippen molar-refractivity contribution >= 4 is 43.6 Å². The minimum atomic E-state index is 0.678. The molecule has 262 valence electrons. The van der Waals surface area contributed by atoms with Crippen molar-refractivity contribution in [2.24, 2.45) is 0 Å². The van der Waals surface area contributed by atoms with E-state index in [1.807, 2.05) is 6.07 Å². The second-order valence-electron chi connectivity index (χ2n) is 14.2. The molecular weight excluding hydrogens is 681 g/mol. The number of hydrogen-bond acceptors (Lipinski definition) is 2. The van der Waals surface area contributed by atoms with E-state index in [1.165, 1.54) is 49.3 Å². The number of hydrogen-bond donors (Lipinski definition) is 0. The second kappa shape index (κ2) is 13.1. The van der Waals surface area contributed by atoms with Crippen molar-refractivity contribution in [2.75, 3.05) is 0 Å². The van der Waals surface area contributed by atoms with Crippen molar-refractivity contribution in [3.8, 4) is 56.4 Å². The van der Waals surface area contributed by atoms with E-state index in [9.17, 15) is 0 Å². The van der Waals surface area contributed by atoms with E-state index >= 15 is 0 Å². The monoisotopic (exact) mass is 714 g/mol. The molecule has 0 spiro atoms. The van der Waals surface area contributed by atoms with Crippen LogP contribution < -0.4 is 0 Å². The Hall–Kier alpha value is -7.56. The minimum Gasteiger partial charge on any atom is -0.309 e. The molecule has 0 bridgehead atoms. The van der Waals surface area contributed by atoms with Crippen LogP contribution in [0.25, 0.3) is 100 Å². The van der Waals surface area contributed by atoms with E-state index in [0.29, 0.717) is 5.82 Å². The highest BCUT2D eigenvalue weighted by Crippen LogP contribution is 2.42. The van der Waals surface area contributed by atoms with Gasteiger partial charge in [-0.25, -0.2) is 9.97 Å². The van der Waals surface area contributed by atoms with Crippen LogP contribution in [-0.2, 0) is 0 Å². The molecule has 56 heavy (non-hydrogen) atoms. The fourth-order valence-corrected chi connectivity index (χ4v) is 8.33. The molecule has 11 aromatic rings. The Morgan fingerprint density at radius 1 is 0.321 bits per heavy atom. The van der Waals surface area contributed by atoms with Crippen molar-refractivity contribution in [3.05, 3.63) is 206 Å². The first kappa shape index (κ1) is 31.9. The zero-order valence-corrected chi connectivity index (χ0v) is 30.4. The molecule has 3 heterocycles. The van der Waals surface area contributed by atoms with E-state index in [4.69, 9.17) is 9.97 Å². The van der Waals surface area contributed by atoms with Gasteiger partial charge in [0, 0.05) is 44.4 Å². The fourth-order valence-electron chi connectivity index (χ4n) is 8.33. The van der Waals surface area contributed by atoms with Crippen LogP contribution in [0.2, 0.25) is 0 Å². The Labute approximate surface area is 324 Å². The predicted molar refractivity (Wildman–Crippen MR) is 232 cm³/mol. The lowest BCUT2D eigenvalue weighted by atomic mass is 9.99. The van der Waals surface area contributed by atoms with Gasteiger partial charge in [-0.2, -0.15) is 0 Å². The van der Waals surface area contributed by atoms with Crippen LogP contribution in [0, 0.1) is 0 Å². The maximum Gasteiger partial charge on any atom is 0.162 e. The number of fused-ring (bicyclic) bond motifs is 7. The molecule has 0 saturated carbocycles. The molecule has 11 rings (SSSR count). The van der Waals surface area contributed by atoms with E-state index in [1.54, 1.807) is 0 Å². The Morgan fingerprint density at radius 3 is 1.46 bits per heavy atom. The van der Waals surface area contributed by atoms with Gasteiger partial charge in [0.2, 0.25) is 0 Å². The minimum absolute atomic E-state index is 0.678. The third-order valence-corrected chi connectivity index (χ3v) is 11.0. The molecule has 0 saturated heterocycles. The normalized spacial score (nSPS) is 11.6. The molecule has 4 nitrogen and oxygen atoms in total. The van der Waals surface area contributed by atoms with Gasteiger partial charge in [-0.15, -0.1) is 0 Å². The average Bonchev–Trinajstić information content (AvgIpc) is 3.80. The third-order valence-electron chi connectivity index (χ3n) is 11.0. The SMILES string of the molecule is c1ccc(-c2ccc(-c3ccc(-c4nc(-c5ccccc5)cc(-n5c6ccccc6c6c5ccc5c7ccccc7n(-c7ccccc7)c56)n4)cc3)cc2)cc1. The van der Waals surface area contributed by atoms with Gasteiger partial charge in [-0.05, 0) is 52.6 Å². The van der Waals surface area contributed by atoms with Crippen molar-refractivity contribution in [3.63, 3.8) is 0 Å². The van der Waals surface area contributed by atoms with E-state index in [-0.39, 0.29) is 0 Å². The summed E-state index contributed by atoms with van der Waals surface area (Å²) in [4.78, 5) is 10.6. The second-order valence-corrected chi connectivity index (χ2v) is 14.2. The first-order valence-electron chi connectivity index (χ1n) is 19.0. The van der Waals surface area contributed by atoms with Crippen LogP contribution in [0.4, 0.5) is 0 Å². The predicted octanol–water partition coefficient (Wildman–Crippen LogP) is 13.3. The largest absolute Gasteiger partial charge is 0.309 e. The molecule has 3 aromatic heterocycles. The topological polar surface area (TPSA) is 35.6 Å². The maximum atomic E-state index is 5.37. The zero-order valence-electron chi connectivity index (χ0n) is 30.4. The average molecular weight is 715 g/mol. The molecule has 0 atom stereocenters. The molecule has 0 unspecified atom stereocenters. The van der Waals surface area contributed by atoms with Crippen LogP contribution >= 0.6 is 0 Å². The van der Waals surface area contributed by atoms with E-state index < -0.39 is 0 Å². The standard InChI is InChI=1S/C52H34N4/c1-4-14-35(15-5-1)36-24-26-37(27-25-36)38-28-30-40(31-29-38)52-53-45(39-16-6-2-7-17-39)34-49(54-52)56-47-23-13-11-21-44(47)50-48(56)33-32-43-42-20-10-12-22-46(42)55(51(43)50)41-18-8-3-9-19-41/h1-34H. The molecule has 8 aromatic carbocycles. The van der Waals surface area contributed by atoms with Crippen molar-refractivity contribution < 1.29 is 0 Å². The summed E-state index contributed by atoms with van der Waals surface area (Å²) < 4.78 is 4.73. The summed E-state index contributed by atoms with van der Waals surface area (Å²) in [5.74, 6) is 1.50. The van der Waals surface area contributed by atoms with E-state index in [0.717, 1.165) is 44.9 Å². The Morgan fingerprint density at radius 2 is 0.821 bits per heavy atom. The van der Waals surface area contributed by atoms with Gasteiger partial charge in [0.05, 0.1) is 27.8 Å². The smallest absolute Gasteiger partial charge is 0.162 e. The highest BCUT2D eigenvalue weighted by atomic mass is 15.1. The summed E-state index contributed by atoms with van der Waals surface area (Å²) in [6, 6.07) is 73.1. The molecule has 0 aliphatic rings.